The summed E-state index contributed by atoms with van der Waals surface area (Å²) in [5, 5.41) is 5.37. The number of hydrogen-bond donors (Lipinski definition) is 2. The first-order valence-corrected chi connectivity index (χ1v) is 8.46. The standard InChI is InChI=1S/C20H21N3O4/c1-20(2,3)23-17(24)13-10-9-12(11-14(13)18(23)25)21-19(26)22-15-7-5-6-8-16(15)27-4/h5-11H,1-4H3,(H2,21,22,26). The molecule has 2 aromatic carbocycles. The molecule has 0 unspecified atom stereocenters. The summed E-state index contributed by atoms with van der Waals surface area (Å²) in [5.41, 5.74) is 0.930. The highest BCUT2D eigenvalue weighted by molar-refractivity contribution is 6.22. The van der Waals surface area contributed by atoms with Gasteiger partial charge in [-0.1, -0.05) is 12.1 Å². The molecule has 3 rings (SSSR count). The topological polar surface area (TPSA) is 87.7 Å². The molecule has 4 amide bonds. The second-order valence-electron chi connectivity index (χ2n) is 7.16. The van der Waals surface area contributed by atoms with E-state index in [4.69, 9.17) is 4.74 Å². The lowest BCUT2D eigenvalue weighted by Gasteiger charge is -2.29. The van der Waals surface area contributed by atoms with E-state index in [1.54, 1.807) is 57.2 Å². The number of anilines is 2. The van der Waals surface area contributed by atoms with Gasteiger partial charge in [0.05, 0.1) is 23.9 Å². The Kier molecular flexibility index (Phi) is 4.61. The van der Waals surface area contributed by atoms with Crippen molar-refractivity contribution in [2.24, 2.45) is 0 Å². The van der Waals surface area contributed by atoms with Crippen molar-refractivity contribution < 1.29 is 19.1 Å². The Balaban J connectivity index is 1.79. The number of rotatable bonds is 3. The normalized spacial score (nSPS) is 13.4. The highest BCUT2D eigenvalue weighted by Crippen LogP contribution is 2.31. The summed E-state index contributed by atoms with van der Waals surface area (Å²) in [5.74, 6) is -0.160. The molecule has 0 bridgehead atoms. The van der Waals surface area contributed by atoms with Crippen molar-refractivity contribution in [1.82, 2.24) is 4.90 Å². The van der Waals surface area contributed by atoms with Gasteiger partial charge >= 0.3 is 6.03 Å². The Morgan fingerprint density at radius 1 is 0.963 bits per heavy atom. The fourth-order valence-corrected chi connectivity index (χ4v) is 2.96. The average Bonchev–Trinajstić information content (AvgIpc) is 2.85. The van der Waals surface area contributed by atoms with E-state index in [0.29, 0.717) is 22.7 Å². The van der Waals surface area contributed by atoms with Gasteiger partial charge in [0, 0.05) is 11.2 Å². The number of benzene rings is 2. The number of carbonyl (C=O) groups is 3. The number of imide groups is 1. The smallest absolute Gasteiger partial charge is 0.323 e. The van der Waals surface area contributed by atoms with Gasteiger partial charge in [-0.15, -0.1) is 0 Å². The van der Waals surface area contributed by atoms with Gasteiger partial charge in [-0.2, -0.15) is 0 Å². The zero-order valence-corrected chi connectivity index (χ0v) is 15.6. The lowest BCUT2D eigenvalue weighted by atomic mass is 10.1. The van der Waals surface area contributed by atoms with Gasteiger partial charge in [-0.3, -0.25) is 14.5 Å². The maximum Gasteiger partial charge on any atom is 0.323 e. The predicted octanol–water partition coefficient (Wildman–Crippen LogP) is 3.73. The minimum absolute atomic E-state index is 0.282. The number of amides is 4. The third kappa shape index (κ3) is 3.48. The Labute approximate surface area is 157 Å². The number of hydrogen-bond acceptors (Lipinski definition) is 4. The van der Waals surface area contributed by atoms with E-state index in [9.17, 15) is 14.4 Å². The lowest BCUT2D eigenvalue weighted by Crippen LogP contribution is -2.45. The molecule has 1 aliphatic rings. The number of nitrogens with one attached hydrogen (secondary N) is 2. The molecule has 1 aliphatic heterocycles. The molecule has 0 radical (unpaired) electrons. The molecule has 0 saturated carbocycles. The maximum absolute atomic E-state index is 12.6. The molecular formula is C20H21N3O4. The van der Waals surface area contributed by atoms with Gasteiger partial charge in [0.2, 0.25) is 0 Å². The SMILES string of the molecule is COc1ccccc1NC(=O)Nc1ccc2c(c1)C(=O)N(C(C)(C)C)C2=O. The van der Waals surface area contributed by atoms with E-state index in [1.165, 1.54) is 18.1 Å². The quantitative estimate of drug-likeness (QED) is 0.809. The fraction of sp³-hybridized carbons (Fsp3) is 0.250. The molecule has 1 heterocycles. The van der Waals surface area contributed by atoms with Crippen molar-refractivity contribution in [3.05, 3.63) is 53.6 Å². The van der Waals surface area contributed by atoms with Crippen LogP contribution in [0.3, 0.4) is 0 Å². The van der Waals surface area contributed by atoms with E-state index in [1.807, 2.05) is 0 Å². The van der Waals surface area contributed by atoms with E-state index >= 15 is 0 Å². The summed E-state index contributed by atoms with van der Waals surface area (Å²) < 4.78 is 5.20. The number of ether oxygens (including phenoxy) is 1. The van der Waals surface area contributed by atoms with Crippen molar-refractivity contribution in [1.29, 1.82) is 0 Å². The van der Waals surface area contributed by atoms with Gasteiger partial charge in [0.15, 0.2) is 0 Å². The van der Waals surface area contributed by atoms with Crippen LogP contribution in [0.4, 0.5) is 16.2 Å². The van der Waals surface area contributed by atoms with Crippen LogP contribution < -0.4 is 15.4 Å². The summed E-state index contributed by atoms with van der Waals surface area (Å²) in [6, 6.07) is 11.2. The molecule has 0 atom stereocenters. The number of methoxy groups -OCH3 is 1. The van der Waals surface area contributed by atoms with E-state index in [-0.39, 0.29) is 17.4 Å². The van der Waals surface area contributed by atoms with E-state index in [2.05, 4.69) is 10.6 Å². The average molecular weight is 367 g/mol. The molecule has 0 aromatic heterocycles. The van der Waals surface area contributed by atoms with Crippen molar-refractivity contribution in [2.45, 2.75) is 26.3 Å². The molecule has 0 spiro atoms. The first-order valence-electron chi connectivity index (χ1n) is 8.46. The van der Waals surface area contributed by atoms with Gasteiger partial charge in [-0.05, 0) is 51.1 Å². The number of carbonyl (C=O) groups excluding carboxylic acids is 3. The third-order valence-electron chi connectivity index (χ3n) is 4.17. The molecule has 2 aromatic rings. The zero-order valence-electron chi connectivity index (χ0n) is 15.6. The van der Waals surface area contributed by atoms with Crippen LogP contribution in [-0.4, -0.2) is 35.4 Å². The Hall–Kier alpha value is -3.35. The highest BCUT2D eigenvalue weighted by atomic mass is 16.5. The lowest BCUT2D eigenvalue weighted by molar-refractivity contribution is 0.0507. The van der Waals surface area contributed by atoms with Crippen LogP contribution in [0.25, 0.3) is 0 Å². The molecule has 7 nitrogen and oxygen atoms in total. The van der Waals surface area contributed by atoms with Crippen LogP contribution in [0.2, 0.25) is 0 Å². The minimum atomic E-state index is -0.623. The van der Waals surface area contributed by atoms with Crippen molar-refractivity contribution >= 4 is 29.2 Å². The minimum Gasteiger partial charge on any atom is -0.495 e. The van der Waals surface area contributed by atoms with Crippen LogP contribution in [-0.2, 0) is 0 Å². The fourth-order valence-electron chi connectivity index (χ4n) is 2.96. The molecule has 27 heavy (non-hydrogen) atoms. The van der Waals surface area contributed by atoms with Crippen LogP contribution in [0.15, 0.2) is 42.5 Å². The predicted molar refractivity (Wildman–Crippen MR) is 102 cm³/mol. The van der Waals surface area contributed by atoms with Crippen molar-refractivity contribution in [3.63, 3.8) is 0 Å². The summed E-state index contributed by atoms with van der Waals surface area (Å²) in [6.07, 6.45) is 0. The number of para-hydroxylation sites is 2. The number of nitrogens with zero attached hydrogens (tertiary/aromatic N) is 1. The highest BCUT2D eigenvalue weighted by Gasteiger charge is 2.41. The van der Waals surface area contributed by atoms with Crippen LogP contribution >= 0.6 is 0 Å². The largest absolute Gasteiger partial charge is 0.495 e. The molecule has 0 aliphatic carbocycles. The third-order valence-corrected chi connectivity index (χ3v) is 4.17. The molecule has 2 N–H and O–H groups in total. The summed E-state index contributed by atoms with van der Waals surface area (Å²) in [4.78, 5) is 38.6. The molecule has 140 valence electrons. The Morgan fingerprint density at radius 2 is 1.63 bits per heavy atom. The zero-order chi connectivity index (χ0) is 19.8. The maximum atomic E-state index is 12.6. The first-order chi connectivity index (χ1) is 12.7. The van der Waals surface area contributed by atoms with Crippen LogP contribution in [0.1, 0.15) is 41.5 Å². The monoisotopic (exact) mass is 367 g/mol. The summed E-state index contributed by atoms with van der Waals surface area (Å²) >= 11 is 0. The summed E-state index contributed by atoms with van der Waals surface area (Å²) in [6.45, 7) is 5.40. The van der Waals surface area contributed by atoms with Gasteiger partial charge in [0.1, 0.15) is 5.75 Å². The van der Waals surface area contributed by atoms with E-state index in [0.717, 1.165) is 0 Å². The van der Waals surface area contributed by atoms with Gasteiger partial charge < -0.3 is 15.4 Å². The first kappa shape index (κ1) is 18.4. The summed E-state index contributed by atoms with van der Waals surface area (Å²) in [7, 11) is 1.52. The van der Waals surface area contributed by atoms with Crippen molar-refractivity contribution in [3.8, 4) is 5.75 Å². The van der Waals surface area contributed by atoms with Gasteiger partial charge in [-0.25, -0.2) is 4.79 Å². The van der Waals surface area contributed by atoms with E-state index < -0.39 is 11.6 Å². The molecular weight excluding hydrogens is 346 g/mol. The van der Waals surface area contributed by atoms with Crippen molar-refractivity contribution in [2.75, 3.05) is 17.7 Å². The number of fused-ring (bicyclic) bond motifs is 1. The molecule has 7 heteroatoms. The second-order valence-corrected chi connectivity index (χ2v) is 7.16. The Bertz CT molecular complexity index is 931. The van der Waals surface area contributed by atoms with Crippen LogP contribution in [0.5, 0.6) is 5.75 Å². The Morgan fingerprint density at radius 3 is 2.30 bits per heavy atom. The van der Waals surface area contributed by atoms with Gasteiger partial charge in [0.25, 0.3) is 11.8 Å². The second kappa shape index (κ2) is 6.75. The number of urea groups is 1. The van der Waals surface area contributed by atoms with Crippen LogP contribution in [0, 0.1) is 0 Å². The molecule has 0 fully saturated rings. The molecule has 0 saturated heterocycles.